The van der Waals surface area contributed by atoms with Crippen molar-refractivity contribution in [2.24, 2.45) is 0 Å². The highest BCUT2D eigenvalue weighted by molar-refractivity contribution is 6.33. The lowest BCUT2D eigenvalue weighted by Gasteiger charge is -2.17. The molecule has 1 amide bonds. The smallest absolute Gasteiger partial charge is 0.227 e. The number of halogens is 1. The van der Waals surface area contributed by atoms with Crippen molar-refractivity contribution in [3.05, 3.63) is 28.8 Å². The van der Waals surface area contributed by atoms with Gasteiger partial charge in [0.05, 0.1) is 10.7 Å². The Morgan fingerprint density at radius 3 is 2.94 bits per heavy atom. The SMILES string of the molecule is O=C1CCCN1c1cc(C#CCO)ccc1Cl. The number of carbonyl (C=O) groups excluding carboxylic acids is 1. The Morgan fingerprint density at radius 1 is 1.47 bits per heavy atom. The quantitative estimate of drug-likeness (QED) is 0.772. The summed E-state index contributed by atoms with van der Waals surface area (Å²) in [7, 11) is 0. The van der Waals surface area contributed by atoms with E-state index in [1.807, 2.05) is 0 Å². The van der Waals surface area contributed by atoms with E-state index in [1.165, 1.54) is 0 Å². The Bertz CT molecular complexity index is 502. The second kappa shape index (κ2) is 5.22. The maximum absolute atomic E-state index is 11.6. The van der Waals surface area contributed by atoms with E-state index in [1.54, 1.807) is 23.1 Å². The lowest BCUT2D eigenvalue weighted by Crippen LogP contribution is -2.24. The van der Waals surface area contributed by atoms with Crippen molar-refractivity contribution in [1.82, 2.24) is 0 Å². The Kier molecular flexibility index (Phi) is 3.68. The predicted molar refractivity (Wildman–Crippen MR) is 67.0 cm³/mol. The maximum atomic E-state index is 11.6. The molecule has 0 unspecified atom stereocenters. The molecule has 0 aliphatic carbocycles. The average molecular weight is 250 g/mol. The Morgan fingerprint density at radius 2 is 2.29 bits per heavy atom. The lowest BCUT2D eigenvalue weighted by atomic mass is 10.2. The highest BCUT2D eigenvalue weighted by Crippen LogP contribution is 2.30. The molecule has 1 aromatic carbocycles. The number of aliphatic hydroxyl groups excluding tert-OH is 1. The van der Waals surface area contributed by atoms with E-state index < -0.39 is 0 Å². The van der Waals surface area contributed by atoms with Gasteiger partial charge in [-0.05, 0) is 24.6 Å². The van der Waals surface area contributed by atoms with Crippen LogP contribution in [0.1, 0.15) is 18.4 Å². The second-order valence-corrected chi connectivity index (χ2v) is 4.18. The minimum Gasteiger partial charge on any atom is -0.384 e. The molecule has 17 heavy (non-hydrogen) atoms. The van der Waals surface area contributed by atoms with Crippen LogP contribution in [0.2, 0.25) is 5.02 Å². The van der Waals surface area contributed by atoms with E-state index in [2.05, 4.69) is 11.8 Å². The standard InChI is InChI=1S/C13H12ClNO2/c14-11-6-5-10(3-2-8-16)9-12(11)15-7-1-4-13(15)17/h5-6,9,16H,1,4,7-8H2. The van der Waals surface area contributed by atoms with Crippen molar-refractivity contribution in [1.29, 1.82) is 0 Å². The van der Waals surface area contributed by atoms with E-state index in [4.69, 9.17) is 16.7 Å². The summed E-state index contributed by atoms with van der Waals surface area (Å²) in [5, 5.41) is 9.19. The first-order valence-corrected chi connectivity index (χ1v) is 5.80. The number of hydrogen-bond acceptors (Lipinski definition) is 2. The first kappa shape index (κ1) is 12.0. The summed E-state index contributed by atoms with van der Waals surface area (Å²) in [6.45, 7) is 0.524. The highest BCUT2D eigenvalue weighted by atomic mass is 35.5. The molecule has 88 valence electrons. The molecule has 1 aliphatic heterocycles. The molecule has 0 spiro atoms. The molecule has 1 aliphatic rings. The first-order valence-electron chi connectivity index (χ1n) is 5.42. The van der Waals surface area contributed by atoms with E-state index in [0.29, 0.717) is 23.7 Å². The van der Waals surface area contributed by atoms with Gasteiger partial charge >= 0.3 is 0 Å². The van der Waals surface area contributed by atoms with E-state index >= 15 is 0 Å². The molecular weight excluding hydrogens is 238 g/mol. The molecule has 0 atom stereocenters. The largest absolute Gasteiger partial charge is 0.384 e. The molecule has 1 heterocycles. The van der Waals surface area contributed by atoms with Gasteiger partial charge < -0.3 is 10.0 Å². The summed E-state index contributed by atoms with van der Waals surface area (Å²) in [5.74, 6) is 5.47. The van der Waals surface area contributed by atoms with Crippen LogP contribution in [0.3, 0.4) is 0 Å². The van der Waals surface area contributed by atoms with E-state index in [0.717, 1.165) is 12.0 Å². The second-order valence-electron chi connectivity index (χ2n) is 3.78. The van der Waals surface area contributed by atoms with E-state index in [9.17, 15) is 4.79 Å². The predicted octanol–water partition coefficient (Wildman–Crippen LogP) is 1.81. The molecule has 1 saturated heterocycles. The van der Waals surface area contributed by atoms with Crippen molar-refractivity contribution in [2.45, 2.75) is 12.8 Å². The molecule has 1 fully saturated rings. The normalized spacial score (nSPS) is 14.7. The van der Waals surface area contributed by atoms with Gasteiger partial charge in [-0.2, -0.15) is 0 Å². The van der Waals surface area contributed by atoms with Crippen LogP contribution in [0.5, 0.6) is 0 Å². The van der Waals surface area contributed by atoms with Gasteiger partial charge in [0.15, 0.2) is 0 Å². The van der Waals surface area contributed by atoms with Crippen molar-refractivity contribution in [3.63, 3.8) is 0 Å². The number of nitrogens with zero attached hydrogens (tertiary/aromatic N) is 1. The maximum Gasteiger partial charge on any atom is 0.227 e. The van der Waals surface area contributed by atoms with Crippen LogP contribution in [-0.4, -0.2) is 24.2 Å². The molecular formula is C13H12ClNO2. The molecule has 3 nitrogen and oxygen atoms in total. The van der Waals surface area contributed by atoms with Crippen LogP contribution in [0.4, 0.5) is 5.69 Å². The molecule has 0 saturated carbocycles. The lowest BCUT2D eigenvalue weighted by molar-refractivity contribution is -0.117. The number of aliphatic hydroxyl groups is 1. The number of hydrogen-bond donors (Lipinski definition) is 1. The van der Waals surface area contributed by atoms with Gasteiger partial charge in [-0.1, -0.05) is 23.4 Å². The first-order chi connectivity index (χ1) is 8.22. The topological polar surface area (TPSA) is 40.5 Å². The summed E-state index contributed by atoms with van der Waals surface area (Å²) >= 11 is 6.08. The van der Waals surface area contributed by atoms with Gasteiger partial charge in [0, 0.05) is 18.5 Å². The van der Waals surface area contributed by atoms with Crippen LogP contribution < -0.4 is 4.90 Å². The number of anilines is 1. The summed E-state index contributed by atoms with van der Waals surface area (Å²) in [6.07, 6.45) is 1.44. The van der Waals surface area contributed by atoms with Gasteiger partial charge in [-0.25, -0.2) is 0 Å². The molecule has 0 radical (unpaired) electrons. The third kappa shape index (κ3) is 2.60. The fourth-order valence-electron chi connectivity index (χ4n) is 1.84. The van der Waals surface area contributed by atoms with Crippen molar-refractivity contribution < 1.29 is 9.90 Å². The third-order valence-corrected chi connectivity index (χ3v) is 2.94. The van der Waals surface area contributed by atoms with Crippen molar-refractivity contribution >= 4 is 23.2 Å². The van der Waals surface area contributed by atoms with E-state index in [-0.39, 0.29) is 12.5 Å². The molecule has 0 bridgehead atoms. The Balaban J connectivity index is 2.35. The molecule has 4 heteroatoms. The van der Waals surface area contributed by atoms with Crippen LogP contribution >= 0.6 is 11.6 Å². The van der Waals surface area contributed by atoms with Crippen LogP contribution in [0, 0.1) is 11.8 Å². The molecule has 0 aromatic heterocycles. The van der Waals surface area contributed by atoms with Crippen molar-refractivity contribution in [3.8, 4) is 11.8 Å². The van der Waals surface area contributed by atoms with Gasteiger partial charge in [0.1, 0.15) is 6.61 Å². The van der Waals surface area contributed by atoms with Gasteiger partial charge in [-0.3, -0.25) is 4.79 Å². The summed E-state index contributed by atoms with van der Waals surface area (Å²) in [5.41, 5.74) is 1.46. The zero-order valence-corrected chi connectivity index (χ0v) is 10.00. The highest BCUT2D eigenvalue weighted by Gasteiger charge is 2.23. The van der Waals surface area contributed by atoms with Crippen LogP contribution in [0.25, 0.3) is 0 Å². The molecule has 1 aromatic rings. The minimum absolute atomic E-state index is 0.0965. The minimum atomic E-state index is -0.180. The summed E-state index contributed by atoms with van der Waals surface area (Å²) in [4.78, 5) is 13.3. The van der Waals surface area contributed by atoms with Crippen LogP contribution in [-0.2, 0) is 4.79 Å². The summed E-state index contributed by atoms with van der Waals surface area (Å²) in [6, 6.07) is 5.28. The third-order valence-electron chi connectivity index (χ3n) is 2.62. The van der Waals surface area contributed by atoms with Gasteiger partial charge in [-0.15, -0.1) is 0 Å². The average Bonchev–Trinajstić information content (AvgIpc) is 2.74. The molecule has 1 N–H and O–H groups in total. The van der Waals surface area contributed by atoms with Gasteiger partial charge in [0.25, 0.3) is 0 Å². The van der Waals surface area contributed by atoms with Crippen LogP contribution in [0.15, 0.2) is 18.2 Å². The monoisotopic (exact) mass is 249 g/mol. The number of rotatable bonds is 1. The summed E-state index contributed by atoms with van der Waals surface area (Å²) < 4.78 is 0. The van der Waals surface area contributed by atoms with Gasteiger partial charge in [0.2, 0.25) is 5.91 Å². The molecule has 2 rings (SSSR count). The van der Waals surface area contributed by atoms with Crippen molar-refractivity contribution in [2.75, 3.05) is 18.1 Å². The fraction of sp³-hybridized carbons (Fsp3) is 0.308. The number of amides is 1. The fourth-order valence-corrected chi connectivity index (χ4v) is 2.06. The Labute approximate surface area is 105 Å². The number of carbonyl (C=O) groups is 1. The Hall–Kier alpha value is -1.50. The zero-order valence-electron chi connectivity index (χ0n) is 9.24. The number of benzene rings is 1. The zero-order chi connectivity index (χ0) is 12.3.